The molecular formula is C63H69ClN20O6. The third-order valence-corrected chi connectivity index (χ3v) is 17.0. The van der Waals surface area contributed by atoms with Crippen LogP contribution in [0.15, 0.2) is 61.8 Å². The first-order chi connectivity index (χ1) is 43.3. The Hall–Kier alpha value is -9.34. The Morgan fingerprint density at radius 1 is 0.622 bits per heavy atom. The van der Waals surface area contributed by atoms with Crippen LogP contribution < -0.4 is 16.0 Å². The van der Waals surface area contributed by atoms with Gasteiger partial charge in [0.2, 0.25) is 0 Å². The van der Waals surface area contributed by atoms with Crippen molar-refractivity contribution in [3.8, 4) is 12.1 Å². The van der Waals surface area contributed by atoms with Crippen molar-refractivity contribution in [1.82, 2.24) is 89.5 Å². The number of hydrogen-bond acceptors (Lipinski definition) is 20. The number of nitrogens with one attached hydrogen (secondary N) is 3. The third kappa shape index (κ3) is 12.6. The lowest BCUT2D eigenvalue weighted by atomic mass is 9.94. The van der Waals surface area contributed by atoms with Crippen LogP contribution in [0.1, 0.15) is 191 Å². The predicted octanol–water partition coefficient (Wildman–Crippen LogP) is 8.52. The molecule has 9 atom stereocenters. The number of pyridine rings is 3. The Kier molecular flexibility index (Phi) is 18.3. The van der Waals surface area contributed by atoms with Crippen LogP contribution >= 0.6 is 11.6 Å². The second kappa shape index (κ2) is 26.4. The van der Waals surface area contributed by atoms with E-state index >= 15 is 0 Å². The quantitative estimate of drug-likeness (QED) is 0.0606. The number of rotatable bonds is 21. The number of aromatic nitrogens is 15. The number of amides is 3. The second-order valence-corrected chi connectivity index (χ2v) is 24.0. The molecule has 464 valence electrons. The van der Waals surface area contributed by atoms with Crippen LogP contribution in [0.5, 0.6) is 0 Å². The highest BCUT2D eigenvalue weighted by molar-refractivity contribution is 6.31. The van der Waals surface area contributed by atoms with E-state index in [4.69, 9.17) is 50.7 Å². The molecule has 0 aliphatic carbocycles. The number of imidazole rings is 3. The lowest BCUT2D eigenvalue weighted by molar-refractivity contribution is 0.0276. The van der Waals surface area contributed by atoms with Crippen LogP contribution in [0.25, 0.3) is 33.5 Å². The van der Waals surface area contributed by atoms with Crippen molar-refractivity contribution in [2.75, 3.05) is 19.8 Å². The zero-order chi connectivity index (χ0) is 63.7. The van der Waals surface area contributed by atoms with Crippen molar-refractivity contribution in [3.63, 3.8) is 0 Å². The monoisotopic (exact) mass is 1240 g/mol. The van der Waals surface area contributed by atoms with E-state index in [1.54, 1.807) is 45.4 Å². The number of ether oxygens (including phenoxy) is 3. The molecule has 90 heavy (non-hydrogen) atoms. The summed E-state index contributed by atoms with van der Waals surface area (Å²) in [5.41, 5.74) is 7.53. The van der Waals surface area contributed by atoms with Crippen LogP contribution in [-0.4, -0.2) is 129 Å². The number of fused-ring (bicyclic) bond motifs is 3. The molecule has 9 aromatic rings. The highest BCUT2D eigenvalue weighted by atomic mass is 35.5. The molecule has 2 fully saturated rings. The fourth-order valence-electron chi connectivity index (χ4n) is 12.0. The maximum absolute atomic E-state index is 14.5. The molecule has 2 aliphatic heterocycles. The first-order valence-electron chi connectivity index (χ1n) is 30.0. The van der Waals surface area contributed by atoms with Gasteiger partial charge in [-0.05, 0) is 124 Å². The van der Waals surface area contributed by atoms with Gasteiger partial charge in [0, 0.05) is 68.5 Å². The van der Waals surface area contributed by atoms with Crippen LogP contribution in [0.4, 0.5) is 0 Å². The number of nitrogens with zero attached hydrogens (tertiary/aromatic N) is 17. The van der Waals surface area contributed by atoms with E-state index in [1.165, 1.54) is 37.2 Å². The summed E-state index contributed by atoms with van der Waals surface area (Å²) in [5, 5.41) is 30.0. The normalized spacial score (nSPS) is 17.9. The van der Waals surface area contributed by atoms with Crippen molar-refractivity contribution >= 4 is 62.8 Å². The summed E-state index contributed by atoms with van der Waals surface area (Å²) >= 11 is 6.64. The maximum atomic E-state index is 14.5. The second-order valence-electron chi connectivity index (χ2n) is 23.6. The van der Waals surface area contributed by atoms with E-state index in [2.05, 4.69) is 69.9 Å². The summed E-state index contributed by atoms with van der Waals surface area (Å²) in [4.78, 5) is 98.5. The van der Waals surface area contributed by atoms with Gasteiger partial charge in [-0.3, -0.25) is 29.3 Å². The Balaban J connectivity index is 0.902. The molecule has 2 saturated heterocycles. The fourth-order valence-corrected chi connectivity index (χ4v) is 12.2. The number of carbonyl (C=O) groups is 3. The smallest absolute Gasteiger partial charge is 0.272 e. The highest BCUT2D eigenvalue weighted by Crippen LogP contribution is 2.40. The molecule has 0 aromatic carbocycles. The van der Waals surface area contributed by atoms with Crippen LogP contribution in [0.3, 0.4) is 0 Å². The summed E-state index contributed by atoms with van der Waals surface area (Å²) in [6, 6.07) is 2.86. The summed E-state index contributed by atoms with van der Waals surface area (Å²) in [6.45, 7) is 19.9. The Morgan fingerprint density at radius 3 is 1.68 bits per heavy atom. The van der Waals surface area contributed by atoms with E-state index < -0.39 is 60.2 Å². The molecule has 0 radical (unpaired) electrons. The van der Waals surface area contributed by atoms with E-state index in [0.717, 1.165) is 6.42 Å². The predicted molar refractivity (Wildman–Crippen MR) is 329 cm³/mol. The molecule has 9 aromatic heterocycles. The molecule has 3 N–H and O–H groups in total. The van der Waals surface area contributed by atoms with Gasteiger partial charge in [0.1, 0.15) is 81.4 Å². The minimum atomic E-state index is -0.884. The number of halogens is 1. The van der Waals surface area contributed by atoms with Crippen molar-refractivity contribution < 1.29 is 28.6 Å². The molecule has 2 aliphatic rings. The van der Waals surface area contributed by atoms with Crippen LogP contribution in [-0.2, 0) is 14.2 Å². The Morgan fingerprint density at radius 2 is 1.14 bits per heavy atom. The Labute approximate surface area is 523 Å². The van der Waals surface area contributed by atoms with Crippen LogP contribution in [0.2, 0.25) is 5.02 Å². The van der Waals surface area contributed by atoms with Crippen molar-refractivity contribution in [3.05, 3.63) is 141 Å². The summed E-state index contributed by atoms with van der Waals surface area (Å²) in [7, 11) is 0. The van der Waals surface area contributed by atoms with Gasteiger partial charge in [0.15, 0.2) is 16.9 Å². The Bertz CT molecular complexity index is 4250. The number of carbonyl (C=O) groups excluding carboxylic acids is 3. The standard InChI is InChI=1S/C63H69ClN20O6/c1-31(2)82-56-50(37(8)41(19-65)24-73-56)77-58(82)52(79-61(85)45-27-67-32(3)21-70-45)39(10)88-15-13-35(6)83-55-44(18-43(64)26-75-55)76-59(83)54(81-63(87)47-29-69-34(5)23-72-47)49-17-40(30-90-49)16-36(7)84-57-51(38(9)42(20-66)25-74-57)78-60(84)53(48-12-11-14-89-48)80-62(86)46-28-68-33(4)22-71-46/h18,21-29,31,35-36,39-40,48-49,52-54H,11-17,30H2,1-10H3,(H,79,85)(H,80,86)(H,81,87)/t35?,36?,39-,40?,48-,49+,52+,53+,54+/m1/s1. The average Bonchev–Trinajstić information content (AvgIpc) is 1.78. The molecule has 3 amide bonds. The molecule has 3 unspecified atom stereocenters. The zero-order valence-electron chi connectivity index (χ0n) is 51.6. The van der Waals surface area contributed by atoms with Gasteiger partial charge in [-0.2, -0.15) is 10.5 Å². The highest BCUT2D eigenvalue weighted by Gasteiger charge is 2.41. The average molecular weight is 1240 g/mol. The van der Waals surface area contributed by atoms with Gasteiger partial charge in [-0.25, -0.2) is 44.9 Å². The van der Waals surface area contributed by atoms with Crippen molar-refractivity contribution in [2.24, 2.45) is 5.92 Å². The first-order valence-corrected chi connectivity index (χ1v) is 30.4. The molecule has 0 saturated carbocycles. The molecule has 11 heterocycles. The molecule has 0 spiro atoms. The molecule has 0 bridgehead atoms. The van der Waals surface area contributed by atoms with E-state index in [-0.39, 0.29) is 41.7 Å². The maximum Gasteiger partial charge on any atom is 0.272 e. The zero-order valence-corrected chi connectivity index (χ0v) is 52.4. The van der Waals surface area contributed by atoms with Gasteiger partial charge >= 0.3 is 0 Å². The van der Waals surface area contributed by atoms with Crippen molar-refractivity contribution in [1.29, 1.82) is 10.5 Å². The number of nitriles is 2. The first kappa shape index (κ1) is 62.3. The summed E-state index contributed by atoms with van der Waals surface area (Å²) < 4.78 is 25.8. The molecule has 26 nitrogen and oxygen atoms in total. The summed E-state index contributed by atoms with van der Waals surface area (Å²) in [6.07, 6.45) is 14.6. The SMILES string of the molecule is Cc1cnc(C(=O)N[C@H](c2nc3cc(Cl)cnc3n2C(C)CCO[C@H](C)[C@H](NC(=O)c2cnc(C)cn2)c2nc3c(C)c(C#N)cnc3n2C(C)C)[C@@H]2CC(CC(C)n3c([C@@H](NC(=O)c4cnc(C)cn4)[C@H]4CCCO4)nc4c(C)c(C#N)cnc43)CO2)cn1. The van der Waals surface area contributed by atoms with Gasteiger partial charge in [0.25, 0.3) is 17.7 Å². The van der Waals surface area contributed by atoms with Gasteiger partial charge in [-0.15, -0.1) is 0 Å². The molecule has 27 heteroatoms. The van der Waals surface area contributed by atoms with E-state index in [9.17, 15) is 24.9 Å². The summed E-state index contributed by atoms with van der Waals surface area (Å²) in [5.74, 6) is -0.0878. The van der Waals surface area contributed by atoms with Gasteiger partial charge in [-0.1, -0.05) is 11.6 Å². The topological polar surface area (TPSA) is 332 Å². The molecular weight excluding hydrogens is 1170 g/mol. The van der Waals surface area contributed by atoms with Gasteiger partial charge in [0.05, 0.1) is 76.7 Å². The van der Waals surface area contributed by atoms with Crippen LogP contribution in [0, 0.1) is 63.2 Å². The lowest BCUT2D eigenvalue weighted by Crippen LogP contribution is -2.39. The number of aryl methyl sites for hydroxylation is 5. The fraction of sp³-hybridized carbons (Fsp3) is 0.444. The minimum Gasteiger partial charge on any atom is -0.376 e. The molecule has 11 rings (SSSR count). The lowest BCUT2D eigenvalue weighted by Gasteiger charge is -2.29. The largest absolute Gasteiger partial charge is 0.376 e. The number of hydrogen-bond donors (Lipinski definition) is 3. The van der Waals surface area contributed by atoms with Gasteiger partial charge < -0.3 is 43.9 Å². The van der Waals surface area contributed by atoms with Crippen molar-refractivity contribution in [2.45, 2.75) is 156 Å². The van der Waals surface area contributed by atoms with E-state index in [0.29, 0.717) is 134 Å². The third-order valence-electron chi connectivity index (χ3n) is 16.8. The minimum absolute atomic E-state index is 0.0933. The van der Waals surface area contributed by atoms with E-state index in [1.807, 2.05) is 55.2 Å².